The second kappa shape index (κ2) is 4.18. The van der Waals surface area contributed by atoms with Crippen molar-refractivity contribution in [1.82, 2.24) is 15.0 Å². The van der Waals surface area contributed by atoms with Crippen molar-refractivity contribution >= 4 is 11.6 Å². The standard InChI is InChI=1S/C12H12ClN3/c1-7-4-5-10(6-14-7)11-8(2)12(13)16-9(3)15-11/h4-6H,1-3H3. The van der Waals surface area contributed by atoms with Crippen molar-refractivity contribution in [3.8, 4) is 11.3 Å². The molecule has 0 radical (unpaired) electrons. The van der Waals surface area contributed by atoms with E-state index in [1.165, 1.54) is 0 Å². The minimum atomic E-state index is 0.503. The maximum absolute atomic E-state index is 6.03. The Morgan fingerprint density at radius 2 is 1.81 bits per heavy atom. The first-order chi connectivity index (χ1) is 7.58. The average molecular weight is 234 g/mol. The van der Waals surface area contributed by atoms with Crippen LogP contribution < -0.4 is 0 Å². The van der Waals surface area contributed by atoms with E-state index in [1.54, 1.807) is 6.20 Å². The lowest BCUT2D eigenvalue weighted by Gasteiger charge is -2.07. The molecule has 0 aliphatic carbocycles. The molecule has 4 heteroatoms. The first-order valence-electron chi connectivity index (χ1n) is 5.01. The highest BCUT2D eigenvalue weighted by molar-refractivity contribution is 6.30. The van der Waals surface area contributed by atoms with Crippen LogP contribution >= 0.6 is 11.6 Å². The third-order valence-corrected chi connectivity index (χ3v) is 2.75. The summed E-state index contributed by atoms with van der Waals surface area (Å²) in [4.78, 5) is 12.8. The number of aryl methyl sites for hydroxylation is 2. The number of hydrogen-bond acceptors (Lipinski definition) is 3. The van der Waals surface area contributed by atoms with Crippen molar-refractivity contribution in [2.75, 3.05) is 0 Å². The van der Waals surface area contributed by atoms with E-state index in [4.69, 9.17) is 11.6 Å². The van der Waals surface area contributed by atoms with Gasteiger partial charge in [0.1, 0.15) is 11.0 Å². The second-order valence-electron chi connectivity index (χ2n) is 3.72. The highest BCUT2D eigenvalue weighted by Crippen LogP contribution is 2.24. The van der Waals surface area contributed by atoms with Crippen molar-refractivity contribution in [2.45, 2.75) is 20.8 Å². The molecule has 2 heterocycles. The molecule has 0 saturated heterocycles. The van der Waals surface area contributed by atoms with Gasteiger partial charge in [0.2, 0.25) is 0 Å². The molecule has 0 amide bonds. The van der Waals surface area contributed by atoms with Gasteiger partial charge in [-0.05, 0) is 32.9 Å². The zero-order valence-corrected chi connectivity index (χ0v) is 10.2. The van der Waals surface area contributed by atoms with Crippen LogP contribution in [-0.2, 0) is 0 Å². The lowest BCUT2D eigenvalue weighted by molar-refractivity contribution is 1.03. The fraction of sp³-hybridized carbons (Fsp3) is 0.250. The molecule has 2 aromatic heterocycles. The Labute approximate surface area is 99.5 Å². The Bertz CT molecular complexity index is 521. The molecular formula is C12H12ClN3. The van der Waals surface area contributed by atoms with Crippen molar-refractivity contribution in [1.29, 1.82) is 0 Å². The lowest BCUT2D eigenvalue weighted by atomic mass is 10.1. The molecule has 0 N–H and O–H groups in total. The normalized spacial score (nSPS) is 10.5. The maximum Gasteiger partial charge on any atom is 0.136 e. The van der Waals surface area contributed by atoms with Gasteiger partial charge in [-0.25, -0.2) is 9.97 Å². The Morgan fingerprint density at radius 1 is 1.06 bits per heavy atom. The highest BCUT2D eigenvalue weighted by atomic mass is 35.5. The van der Waals surface area contributed by atoms with Crippen LogP contribution in [0.4, 0.5) is 0 Å². The monoisotopic (exact) mass is 233 g/mol. The Kier molecular flexibility index (Phi) is 2.88. The third kappa shape index (κ3) is 2.04. The van der Waals surface area contributed by atoms with E-state index in [1.807, 2.05) is 32.9 Å². The van der Waals surface area contributed by atoms with Gasteiger partial charge in [-0.15, -0.1) is 0 Å². The summed E-state index contributed by atoms with van der Waals surface area (Å²) in [7, 11) is 0. The van der Waals surface area contributed by atoms with E-state index in [9.17, 15) is 0 Å². The van der Waals surface area contributed by atoms with Gasteiger partial charge in [-0.2, -0.15) is 0 Å². The van der Waals surface area contributed by atoms with Gasteiger partial charge in [0.25, 0.3) is 0 Å². The number of aromatic nitrogens is 3. The number of rotatable bonds is 1. The summed E-state index contributed by atoms with van der Waals surface area (Å²) >= 11 is 6.03. The quantitative estimate of drug-likeness (QED) is 0.711. The second-order valence-corrected chi connectivity index (χ2v) is 4.08. The summed E-state index contributed by atoms with van der Waals surface area (Å²) in [6.45, 7) is 5.70. The van der Waals surface area contributed by atoms with Crippen LogP contribution in [0.5, 0.6) is 0 Å². The van der Waals surface area contributed by atoms with Gasteiger partial charge in [0, 0.05) is 23.0 Å². The highest BCUT2D eigenvalue weighted by Gasteiger charge is 2.09. The van der Waals surface area contributed by atoms with Crippen molar-refractivity contribution in [3.63, 3.8) is 0 Å². The van der Waals surface area contributed by atoms with Crippen LogP contribution in [0.2, 0.25) is 5.15 Å². The molecule has 16 heavy (non-hydrogen) atoms. The number of nitrogens with zero attached hydrogens (tertiary/aromatic N) is 3. The van der Waals surface area contributed by atoms with E-state index >= 15 is 0 Å². The number of halogens is 1. The van der Waals surface area contributed by atoms with E-state index in [-0.39, 0.29) is 0 Å². The van der Waals surface area contributed by atoms with Crippen molar-refractivity contribution in [3.05, 3.63) is 40.6 Å². The molecule has 0 unspecified atom stereocenters. The van der Waals surface area contributed by atoms with E-state index in [0.717, 1.165) is 22.5 Å². The maximum atomic E-state index is 6.03. The predicted molar refractivity (Wildman–Crippen MR) is 64.5 cm³/mol. The van der Waals surface area contributed by atoms with Gasteiger partial charge in [-0.1, -0.05) is 11.6 Å². The zero-order valence-electron chi connectivity index (χ0n) is 9.45. The first kappa shape index (κ1) is 11.0. The zero-order chi connectivity index (χ0) is 11.7. The summed E-state index contributed by atoms with van der Waals surface area (Å²) in [5.41, 5.74) is 3.69. The Morgan fingerprint density at radius 3 is 2.44 bits per heavy atom. The van der Waals surface area contributed by atoms with E-state index in [0.29, 0.717) is 11.0 Å². The Hall–Kier alpha value is -1.48. The van der Waals surface area contributed by atoms with Gasteiger partial charge in [-0.3, -0.25) is 4.98 Å². The molecule has 2 rings (SSSR count). The Balaban J connectivity index is 2.59. The third-order valence-electron chi connectivity index (χ3n) is 2.38. The molecular weight excluding hydrogens is 222 g/mol. The summed E-state index contributed by atoms with van der Waals surface area (Å²) < 4.78 is 0. The first-order valence-corrected chi connectivity index (χ1v) is 5.39. The molecule has 82 valence electrons. The summed E-state index contributed by atoms with van der Waals surface area (Å²) in [5, 5.41) is 0.503. The van der Waals surface area contributed by atoms with Gasteiger partial charge in [0.05, 0.1) is 5.69 Å². The van der Waals surface area contributed by atoms with Crippen LogP contribution in [0.15, 0.2) is 18.3 Å². The predicted octanol–water partition coefficient (Wildman–Crippen LogP) is 3.12. The number of hydrogen-bond donors (Lipinski definition) is 0. The SMILES string of the molecule is Cc1ccc(-c2nc(C)nc(Cl)c2C)cn1. The van der Waals surface area contributed by atoms with Crippen LogP contribution in [0.3, 0.4) is 0 Å². The van der Waals surface area contributed by atoms with Gasteiger partial charge >= 0.3 is 0 Å². The summed E-state index contributed by atoms with van der Waals surface area (Å²) in [6.07, 6.45) is 1.81. The van der Waals surface area contributed by atoms with E-state index in [2.05, 4.69) is 15.0 Å². The minimum absolute atomic E-state index is 0.503. The van der Waals surface area contributed by atoms with Gasteiger partial charge in [0.15, 0.2) is 0 Å². The topological polar surface area (TPSA) is 38.7 Å². The summed E-state index contributed by atoms with van der Waals surface area (Å²) in [6, 6.07) is 3.95. The van der Waals surface area contributed by atoms with Crippen molar-refractivity contribution in [2.24, 2.45) is 0 Å². The smallest absolute Gasteiger partial charge is 0.136 e. The van der Waals surface area contributed by atoms with Crippen molar-refractivity contribution < 1.29 is 0 Å². The van der Waals surface area contributed by atoms with Crippen LogP contribution in [0.1, 0.15) is 17.1 Å². The molecule has 2 aromatic rings. The van der Waals surface area contributed by atoms with Crippen LogP contribution in [0, 0.1) is 20.8 Å². The van der Waals surface area contributed by atoms with Gasteiger partial charge < -0.3 is 0 Å². The molecule has 3 nitrogen and oxygen atoms in total. The fourth-order valence-electron chi connectivity index (χ4n) is 1.48. The summed E-state index contributed by atoms with van der Waals surface area (Å²) in [5.74, 6) is 0.672. The lowest BCUT2D eigenvalue weighted by Crippen LogP contribution is -1.97. The van der Waals surface area contributed by atoms with Crippen LogP contribution in [-0.4, -0.2) is 15.0 Å². The number of pyridine rings is 1. The molecule has 0 aliphatic heterocycles. The van der Waals surface area contributed by atoms with Crippen LogP contribution in [0.25, 0.3) is 11.3 Å². The molecule has 0 bridgehead atoms. The molecule has 0 atom stereocenters. The largest absolute Gasteiger partial charge is 0.261 e. The molecule has 0 saturated carbocycles. The minimum Gasteiger partial charge on any atom is -0.261 e. The van der Waals surface area contributed by atoms with E-state index < -0.39 is 0 Å². The molecule has 0 aliphatic rings. The average Bonchev–Trinajstić information content (AvgIpc) is 2.25. The molecule has 0 spiro atoms. The fourth-order valence-corrected chi connectivity index (χ4v) is 1.70. The molecule has 0 fully saturated rings. The molecule has 0 aromatic carbocycles.